The van der Waals surface area contributed by atoms with E-state index in [1.807, 2.05) is 18.2 Å². The van der Waals surface area contributed by atoms with E-state index in [1.54, 1.807) is 10.7 Å². The highest BCUT2D eigenvalue weighted by atomic mass is 35.5. The van der Waals surface area contributed by atoms with Crippen LogP contribution in [0.5, 0.6) is 0 Å². The van der Waals surface area contributed by atoms with E-state index in [0.717, 1.165) is 5.56 Å². The Morgan fingerprint density at radius 2 is 2.04 bits per heavy atom. The molecule has 0 unspecified atom stereocenters. The van der Waals surface area contributed by atoms with E-state index in [1.165, 1.54) is 23.3 Å². The Labute approximate surface area is 153 Å². The zero-order valence-electron chi connectivity index (χ0n) is 13.5. The van der Waals surface area contributed by atoms with Gasteiger partial charge >= 0.3 is 5.97 Å². The van der Waals surface area contributed by atoms with Gasteiger partial charge in [-0.05, 0) is 17.7 Å². The van der Waals surface area contributed by atoms with Crippen LogP contribution in [0.15, 0.2) is 42.9 Å². The molecule has 10 heteroatoms. The Balaban J connectivity index is 1.55. The van der Waals surface area contributed by atoms with E-state index < -0.39 is 5.97 Å². The molecule has 0 atom stereocenters. The van der Waals surface area contributed by atoms with Crippen molar-refractivity contribution in [1.29, 1.82) is 0 Å². The molecule has 3 aromatic rings. The van der Waals surface area contributed by atoms with Crippen molar-refractivity contribution in [2.24, 2.45) is 0 Å². The SMILES string of the molecule is O=C(CCn1nccc1C(=O)O)Nc1ncn(Cc2ccccc2Cl)n1. The van der Waals surface area contributed by atoms with Crippen LogP contribution in [-0.4, -0.2) is 41.5 Å². The standard InChI is InChI=1S/C16H15ClN6O3/c17-12-4-2-1-3-11(12)9-22-10-18-16(21-22)20-14(24)6-8-23-13(15(25)26)5-7-19-23/h1-5,7,10H,6,8-9H2,(H,25,26)(H,20,21,24). The molecule has 0 fully saturated rings. The highest BCUT2D eigenvalue weighted by molar-refractivity contribution is 6.31. The monoisotopic (exact) mass is 374 g/mol. The van der Waals surface area contributed by atoms with E-state index in [2.05, 4.69) is 20.5 Å². The van der Waals surface area contributed by atoms with Gasteiger partial charge in [-0.3, -0.25) is 14.8 Å². The molecular weight excluding hydrogens is 360 g/mol. The van der Waals surface area contributed by atoms with Crippen molar-refractivity contribution < 1.29 is 14.7 Å². The first-order valence-corrected chi connectivity index (χ1v) is 8.08. The van der Waals surface area contributed by atoms with E-state index in [0.29, 0.717) is 11.6 Å². The minimum absolute atomic E-state index is 0.0277. The quantitative estimate of drug-likeness (QED) is 0.652. The molecule has 0 aliphatic rings. The van der Waals surface area contributed by atoms with Gasteiger partial charge in [0.25, 0.3) is 0 Å². The molecule has 1 amide bonds. The first-order chi connectivity index (χ1) is 12.5. The summed E-state index contributed by atoms with van der Waals surface area (Å²) in [7, 11) is 0. The zero-order valence-corrected chi connectivity index (χ0v) is 14.3. The molecule has 0 aliphatic heterocycles. The number of nitrogens with zero attached hydrogens (tertiary/aromatic N) is 5. The van der Waals surface area contributed by atoms with Crippen LogP contribution in [0, 0.1) is 0 Å². The number of nitrogens with one attached hydrogen (secondary N) is 1. The molecule has 3 rings (SSSR count). The van der Waals surface area contributed by atoms with Gasteiger partial charge in [-0.25, -0.2) is 14.5 Å². The van der Waals surface area contributed by atoms with Crippen molar-refractivity contribution >= 4 is 29.4 Å². The summed E-state index contributed by atoms with van der Waals surface area (Å²) < 4.78 is 2.82. The van der Waals surface area contributed by atoms with Crippen molar-refractivity contribution in [3.63, 3.8) is 0 Å². The molecule has 0 radical (unpaired) electrons. The summed E-state index contributed by atoms with van der Waals surface area (Å²) in [5.41, 5.74) is 0.914. The third kappa shape index (κ3) is 4.25. The highest BCUT2D eigenvalue weighted by Gasteiger charge is 2.12. The van der Waals surface area contributed by atoms with Gasteiger partial charge in [0.1, 0.15) is 12.0 Å². The second-order valence-corrected chi connectivity index (χ2v) is 5.81. The molecule has 2 N–H and O–H groups in total. The molecule has 0 saturated carbocycles. The number of aryl methyl sites for hydroxylation is 1. The van der Waals surface area contributed by atoms with Crippen LogP contribution < -0.4 is 5.32 Å². The minimum atomic E-state index is -1.09. The predicted molar refractivity (Wildman–Crippen MR) is 93.0 cm³/mol. The predicted octanol–water partition coefficient (Wildman–Crippen LogP) is 1.90. The average Bonchev–Trinajstić information content (AvgIpc) is 3.24. The molecule has 134 valence electrons. The van der Waals surface area contributed by atoms with Crippen molar-refractivity contribution in [3.05, 3.63) is 59.1 Å². The smallest absolute Gasteiger partial charge is 0.354 e. The summed E-state index contributed by atoms with van der Waals surface area (Å²) in [6, 6.07) is 8.76. The van der Waals surface area contributed by atoms with Crippen LogP contribution in [0.25, 0.3) is 0 Å². The van der Waals surface area contributed by atoms with Crippen LogP contribution >= 0.6 is 11.6 Å². The van der Waals surface area contributed by atoms with Crippen molar-refractivity contribution in [2.75, 3.05) is 5.32 Å². The number of carboxylic acids is 1. The summed E-state index contributed by atoms with van der Waals surface area (Å²) in [6.45, 7) is 0.568. The van der Waals surface area contributed by atoms with E-state index in [9.17, 15) is 9.59 Å². The Bertz CT molecular complexity index is 935. The summed E-state index contributed by atoms with van der Waals surface area (Å²) in [6.07, 6.45) is 2.91. The lowest BCUT2D eigenvalue weighted by Gasteiger charge is -2.05. The van der Waals surface area contributed by atoms with E-state index >= 15 is 0 Å². The molecular formula is C16H15ClN6O3. The number of aromatic carboxylic acids is 1. The first kappa shape index (κ1) is 17.6. The Morgan fingerprint density at radius 3 is 2.81 bits per heavy atom. The molecule has 0 bridgehead atoms. The summed E-state index contributed by atoms with van der Waals surface area (Å²) in [5, 5.41) is 20.3. The number of carboxylic acid groups (broad SMARTS) is 1. The van der Waals surface area contributed by atoms with Gasteiger partial charge in [0, 0.05) is 17.6 Å². The second kappa shape index (κ2) is 7.79. The number of hydrogen-bond donors (Lipinski definition) is 2. The number of halogens is 1. The van der Waals surface area contributed by atoms with Crippen LogP contribution in [0.4, 0.5) is 5.95 Å². The number of benzene rings is 1. The third-order valence-electron chi connectivity index (χ3n) is 3.56. The van der Waals surface area contributed by atoms with E-state index in [-0.39, 0.29) is 30.5 Å². The molecule has 0 spiro atoms. The molecule has 9 nitrogen and oxygen atoms in total. The molecule has 26 heavy (non-hydrogen) atoms. The fraction of sp³-hybridized carbons (Fsp3) is 0.188. The lowest BCUT2D eigenvalue weighted by atomic mass is 10.2. The Kier molecular flexibility index (Phi) is 5.28. The zero-order chi connectivity index (χ0) is 18.5. The van der Waals surface area contributed by atoms with Crippen LogP contribution in [0.1, 0.15) is 22.5 Å². The van der Waals surface area contributed by atoms with Crippen LogP contribution in [-0.2, 0) is 17.9 Å². The number of hydrogen-bond acceptors (Lipinski definition) is 5. The van der Waals surface area contributed by atoms with Gasteiger partial charge in [0.05, 0.1) is 13.1 Å². The van der Waals surface area contributed by atoms with Crippen molar-refractivity contribution in [1.82, 2.24) is 24.5 Å². The maximum atomic E-state index is 12.0. The molecule has 2 aromatic heterocycles. The number of carbonyl (C=O) groups excluding carboxylic acids is 1. The Morgan fingerprint density at radius 1 is 1.23 bits per heavy atom. The van der Waals surface area contributed by atoms with E-state index in [4.69, 9.17) is 16.7 Å². The largest absolute Gasteiger partial charge is 0.477 e. The van der Waals surface area contributed by atoms with Gasteiger partial charge < -0.3 is 5.11 Å². The van der Waals surface area contributed by atoms with Gasteiger partial charge in [0.15, 0.2) is 0 Å². The van der Waals surface area contributed by atoms with Crippen LogP contribution in [0.3, 0.4) is 0 Å². The average molecular weight is 375 g/mol. The maximum absolute atomic E-state index is 12.0. The summed E-state index contributed by atoms with van der Waals surface area (Å²) in [4.78, 5) is 27.0. The number of aromatic nitrogens is 5. The number of rotatable bonds is 7. The minimum Gasteiger partial charge on any atom is -0.477 e. The lowest BCUT2D eigenvalue weighted by Crippen LogP contribution is -2.18. The molecule has 0 saturated heterocycles. The van der Waals surface area contributed by atoms with Crippen molar-refractivity contribution in [2.45, 2.75) is 19.5 Å². The fourth-order valence-corrected chi connectivity index (χ4v) is 2.51. The molecule has 0 aliphatic carbocycles. The summed E-state index contributed by atoms with van der Waals surface area (Å²) in [5.74, 6) is -1.27. The van der Waals surface area contributed by atoms with Gasteiger partial charge in [-0.1, -0.05) is 29.8 Å². The number of anilines is 1. The van der Waals surface area contributed by atoms with Gasteiger partial charge in [-0.15, -0.1) is 5.10 Å². The maximum Gasteiger partial charge on any atom is 0.354 e. The molecule has 2 heterocycles. The Hall–Kier alpha value is -3.20. The van der Waals surface area contributed by atoms with Crippen molar-refractivity contribution in [3.8, 4) is 0 Å². The highest BCUT2D eigenvalue weighted by Crippen LogP contribution is 2.16. The van der Waals surface area contributed by atoms with Gasteiger partial charge in [-0.2, -0.15) is 5.10 Å². The van der Waals surface area contributed by atoms with Gasteiger partial charge in [0.2, 0.25) is 11.9 Å². The summed E-state index contributed by atoms with van der Waals surface area (Å²) >= 11 is 6.11. The fourth-order valence-electron chi connectivity index (χ4n) is 2.32. The normalized spacial score (nSPS) is 10.7. The third-order valence-corrected chi connectivity index (χ3v) is 3.93. The second-order valence-electron chi connectivity index (χ2n) is 5.40. The topological polar surface area (TPSA) is 115 Å². The van der Waals surface area contributed by atoms with Crippen LogP contribution in [0.2, 0.25) is 5.02 Å². The lowest BCUT2D eigenvalue weighted by molar-refractivity contribution is -0.116. The number of amides is 1. The number of carbonyl (C=O) groups is 2. The first-order valence-electron chi connectivity index (χ1n) is 7.71. The molecule has 1 aromatic carbocycles.